The van der Waals surface area contributed by atoms with Gasteiger partial charge in [0.05, 0.1) is 24.0 Å². The number of rotatable bonds is 2. The molecule has 2 fully saturated rings. The van der Waals surface area contributed by atoms with E-state index < -0.39 is 9.84 Å². The Morgan fingerprint density at radius 3 is 2.44 bits per heavy atom. The first-order valence-electron chi connectivity index (χ1n) is 5.51. The lowest BCUT2D eigenvalue weighted by atomic mass is 10.1. The number of hydrogen-bond acceptors (Lipinski definition) is 4. The summed E-state index contributed by atoms with van der Waals surface area (Å²) < 4.78 is 28.1. The van der Waals surface area contributed by atoms with E-state index in [0.717, 1.165) is 18.4 Å². The Balaban J connectivity index is 2.06. The lowest BCUT2D eigenvalue weighted by Gasteiger charge is -2.22. The van der Waals surface area contributed by atoms with Crippen LogP contribution in [-0.4, -0.2) is 32.0 Å². The second-order valence-electron chi connectivity index (χ2n) is 4.46. The molecule has 2 rings (SSSR count). The number of sulfone groups is 1. The average molecular weight is 244 g/mol. The van der Waals surface area contributed by atoms with Crippen molar-refractivity contribution in [3.63, 3.8) is 0 Å². The first kappa shape index (κ1) is 11.6. The molecule has 2 bridgehead atoms. The van der Waals surface area contributed by atoms with Gasteiger partial charge in [0.2, 0.25) is 0 Å². The van der Waals surface area contributed by atoms with Crippen molar-refractivity contribution in [2.75, 3.05) is 7.11 Å². The molecular formula is C11H16O4S. The van der Waals surface area contributed by atoms with Crippen molar-refractivity contribution in [2.45, 2.75) is 42.6 Å². The number of fused-ring (bicyclic) bond motifs is 2. The van der Waals surface area contributed by atoms with E-state index in [1.54, 1.807) is 0 Å². The Morgan fingerprint density at radius 1 is 1.38 bits per heavy atom. The zero-order chi connectivity index (χ0) is 11.8. The molecule has 0 radical (unpaired) electrons. The first-order valence-corrected chi connectivity index (χ1v) is 7.12. The van der Waals surface area contributed by atoms with Crippen LogP contribution in [0.5, 0.6) is 0 Å². The van der Waals surface area contributed by atoms with Crippen molar-refractivity contribution < 1.29 is 17.9 Å². The van der Waals surface area contributed by atoms with Gasteiger partial charge in [-0.1, -0.05) is 11.6 Å². The number of hydrogen-bond donors (Lipinski definition) is 0. The number of ether oxygens (including phenoxy) is 1. The minimum atomic E-state index is -2.86. The maximum absolute atomic E-state index is 11.8. The molecule has 4 nitrogen and oxygen atoms in total. The topological polar surface area (TPSA) is 60.4 Å². The van der Waals surface area contributed by atoms with Crippen LogP contribution in [-0.2, 0) is 19.4 Å². The van der Waals surface area contributed by atoms with E-state index in [2.05, 4.69) is 4.74 Å². The number of allylic oxidation sites excluding steroid dienone is 1. The fraction of sp³-hybridized carbons (Fsp3) is 0.727. The van der Waals surface area contributed by atoms with Gasteiger partial charge in [0.1, 0.15) is 0 Å². The third kappa shape index (κ3) is 2.00. The molecule has 0 N–H and O–H groups in total. The maximum atomic E-state index is 11.8. The van der Waals surface area contributed by atoms with Crippen LogP contribution in [0.4, 0.5) is 0 Å². The molecule has 0 aromatic rings. The predicted molar refractivity (Wildman–Crippen MR) is 59.7 cm³/mol. The Kier molecular flexibility index (Phi) is 3.06. The largest absolute Gasteiger partial charge is 0.469 e. The van der Waals surface area contributed by atoms with Crippen LogP contribution in [0.25, 0.3) is 0 Å². The smallest absolute Gasteiger partial charge is 0.309 e. The predicted octanol–water partition coefficient (Wildman–Crippen LogP) is 1.22. The molecule has 2 saturated heterocycles. The van der Waals surface area contributed by atoms with Crippen molar-refractivity contribution in [1.82, 2.24) is 0 Å². The standard InChI is InChI=1S/C11H16O4S/c1-15-11(12)5-2-8-6-9-3-4-10(7-8)16(9,13)14/h2,9-10H,3-7H2,1H3. The lowest BCUT2D eigenvalue weighted by Crippen LogP contribution is -2.29. The molecule has 2 aliphatic heterocycles. The van der Waals surface area contributed by atoms with Gasteiger partial charge >= 0.3 is 5.97 Å². The van der Waals surface area contributed by atoms with E-state index in [-0.39, 0.29) is 22.9 Å². The third-order valence-corrected chi connectivity index (χ3v) is 6.17. The highest BCUT2D eigenvalue weighted by atomic mass is 32.2. The van der Waals surface area contributed by atoms with Crippen LogP contribution in [0, 0.1) is 0 Å². The molecule has 0 amide bonds. The number of esters is 1. The average Bonchev–Trinajstić information content (AvgIpc) is 2.47. The van der Waals surface area contributed by atoms with E-state index in [1.165, 1.54) is 7.11 Å². The fourth-order valence-corrected chi connectivity index (χ4v) is 4.92. The van der Waals surface area contributed by atoms with Gasteiger partial charge in [0.25, 0.3) is 0 Å². The summed E-state index contributed by atoms with van der Waals surface area (Å²) >= 11 is 0. The molecule has 0 spiro atoms. The van der Waals surface area contributed by atoms with E-state index in [0.29, 0.717) is 12.8 Å². The molecule has 5 heteroatoms. The summed E-state index contributed by atoms with van der Waals surface area (Å²) in [5.74, 6) is -0.270. The van der Waals surface area contributed by atoms with Crippen LogP contribution >= 0.6 is 0 Å². The molecule has 16 heavy (non-hydrogen) atoms. The Hall–Kier alpha value is -0.840. The van der Waals surface area contributed by atoms with Gasteiger partial charge in [0, 0.05) is 0 Å². The van der Waals surface area contributed by atoms with Crippen molar-refractivity contribution >= 4 is 15.8 Å². The monoisotopic (exact) mass is 244 g/mol. The van der Waals surface area contributed by atoms with E-state index in [1.807, 2.05) is 6.08 Å². The number of carbonyl (C=O) groups excluding carboxylic acids is 1. The molecule has 90 valence electrons. The van der Waals surface area contributed by atoms with Crippen molar-refractivity contribution in [1.29, 1.82) is 0 Å². The lowest BCUT2D eigenvalue weighted by molar-refractivity contribution is -0.139. The van der Waals surface area contributed by atoms with Crippen LogP contribution < -0.4 is 0 Å². The molecular weight excluding hydrogens is 228 g/mol. The highest BCUT2D eigenvalue weighted by Gasteiger charge is 2.44. The first-order chi connectivity index (χ1) is 7.54. The summed E-state index contributed by atoms with van der Waals surface area (Å²) in [6.45, 7) is 0. The zero-order valence-electron chi connectivity index (χ0n) is 9.31. The molecule has 2 unspecified atom stereocenters. The van der Waals surface area contributed by atoms with Gasteiger partial charge in [0.15, 0.2) is 9.84 Å². The number of methoxy groups -OCH3 is 1. The number of carbonyl (C=O) groups is 1. The van der Waals surface area contributed by atoms with Crippen LogP contribution in [0.1, 0.15) is 32.1 Å². The summed E-state index contributed by atoms with van der Waals surface area (Å²) in [5.41, 5.74) is 1.10. The highest BCUT2D eigenvalue weighted by Crippen LogP contribution is 2.40. The Labute approximate surface area is 95.6 Å². The van der Waals surface area contributed by atoms with Crippen molar-refractivity contribution in [3.05, 3.63) is 11.6 Å². The molecule has 2 atom stereocenters. The summed E-state index contributed by atoms with van der Waals surface area (Å²) in [6.07, 6.45) is 4.87. The summed E-state index contributed by atoms with van der Waals surface area (Å²) in [4.78, 5) is 11.0. The summed E-state index contributed by atoms with van der Waals surface area (Å²) in [6, 6.07) is 0. The minimum Gasteiger partial charge on any atom is -0.469 e. The van der Waals surface area contributed by atoms with E-state index in [9.17, 15) is 13.2 Å². The van der Waals surface area contributed by atoms with Gasteiger partial charge in [-0.15, -0.1) is 0 Å². The van der Waals surface area contributed by atoms with E-state index >= 15 is 0 Å². The molecule has 0 saturated carbocycles. The zero-order valence-corrected chi connectivity index (χ0v) is 10.1. The van der Waals surface area contributed by atoms with Gasteiger partial charge in [-0.3, -0.25) is 4.79 Å². The third-order valence-electron chi connectivity index (χ3n) is 3.50. The second kappa shape index (κ2) is 4.20. The SMILES string of the molecule is COC(=O)CC=C1CC2CCC(C1)S2(=O)=O. The fourth-order valence-electron chi connectivity index (χ4n) is 2.55. The Morgan fingerprint density at radius 2 is 1.94 bits per heavy atom. The van der Waals surface area contributed by atoms with Crippen LogP contribution in [0.3, 0.4) is 0 Å². The second-order valence-corrected chi connectivity index (χ2v) is 6.97. The molecule has 0 aromatic heterocycles. The molecule has 0 aliphatic carbocycles. The summed E-state index contributed by atoms with van der Waals surface area (Å²) in [5, 5.41) is -0.398. The molecule has 2 heterocycles. The molecule has 2 aliphatic rings. The van der Waals surface area contributed by atoms with Gasteiger partial charge < -0.3 is 4.74 Å². The quantitative estimate of drug-likeness (QED) is 0.541. The van der Waals surface area contributed by atoms with Crippen LogP contribution in [0.15, 0.2) is 11.6 Å². The van der Waals surface area contributed by atoms with Crippen molar-refractivity contribution in [2.24, 2.45) is 0 Å². The normalized spacial score (nSPS) is 31.2. The maximum Gasteiger partial charge on any atom is 0.309 e. The Bertz CT molecular complexity index is 399. The van der Waals surface area contributed by atoms with Gasteiger partial charge in [-0.25, -0.2) is 8.42 Å². The molecule has 0 aromatic carbocycles. The van der Waals surface area contributed by atoms with Crippen LogP contribution in [0.2, 0.25) is 0 Å². The van der Waals surface area contributed by atoms with E-state index in [4.69, 9.17) is 0 Å². The van der Waals surface area contributed by atoms with Gasteiger partial charge in [-0.2, -0.15) is 0 Å². The summed E-state index contributed by atoms with van der Waals surface area (Å²) in [7, 11) is -1.51. The minimum absolute atomic E-state index is 0.199. The van der Waals surface area contributed by atoms with Crippen molar-refractivity contribution in [3.8, 4) is 0 Å². The highest BCUT2D eigenvalue weighted by molar-refractivity contribution is 7.93. The van der Waals surface area contributed by atoms with Gasteiger partial charge in [-0.05, 0) is 25.7 Å².